The third-order valence-electron chi connectivity index (χ3n) is 6.62. The summed E-state index contributed by atoms with van der Waals surface area (Å²) in [5.74, 6) is 0.584. The fourth-order valence-electron chi connectivity index (χ4n) is 5.03. The lowest BCUT2D eigenvalue weighted by Crippen LogP contribution is -2.46. The van der Waals surface area contributed by atoms with E-state index < -0.39 is 10.0 Å². The second-order valence-electron chi connectivity index (χ2n) is 9.93. The first-order valence-corrected chi connectivity index (χ1v) is 13.4. The second kappa shape index (κ2) is 10.1. The Morgan fingerprint density at radius 1 is 1.03 bits per heavy atom. The van der Waals surface area contributed by atoms with Gasteiger partial charge in [-0.3, -0.25) is 0 Å². The maximum Gasteiger partial charge on any atom is 0.214 e. The molecule has 2 fully saturated rings. The van der Waals surface area contributed by atoms with Crippen LogP contribution in [0.1, 0.15) is 64.5 Å². The van der Waals surface area contributed by atoms with Crippen LogP contribution < -0.4 is 14.9 Å². The van der Waals surface area contributed by atoms with E-state index in [9.17, 15) is 8.42 Å². The highest BCUT2D eigenvalue weighted by molar-refractivity contribution is 7.90. The van der Waals surface area contributed by atoms with E-state index in [-0.39, 0.29) is 23.5 Å². The van der Waals surface area contributed by atoms with E-state index in [4.69, 9.17) is 4.74 Å². The van der Waals surface area contributed by atoms with Gasteiger partial charge in [-0.1, -0.05) is 0 Å². The minimum Gasteiger partial charge on any atom is -0.385 e. The summed E-state index contributed by atoms with van der Waals surface area (Å²) in [5, 5.41) is 3.27. The van der Waals surface area contributed by atoms with E-state index >= 15 is 0 Å². The summed E-state index contributed by atoms with van der Waals surface area (Å²) in [5.41, 5.74) is 5.12. The normalized spacial score (nSPS) is 27.5. The number of hydrogen-bond acceptors (Lipinski definition) is 5. The number of nitrogens with zero attached hydrogens (tertiary/aromatic N) is 1. The van der Waals surface area contributed by atoms with E-state index in [2.05, 4.69) is 54.8 Å². The highest BCUT2D eigenvalue weighted by atomic mass is 32.2. The summed E-state index contributed by atoms with van der Waals surface area (Å²) in [6, 6.07) is 4.61. The molecule has 176 valence electrons. The van der Waals surface area contributed by atoms with Crippen molar-refractivity contribution in [2.24, 2.45) is 5.92 Å². The number of morpholine rings is 1. The Balaban J connectivity index is 1.54. The van der Waals surface area contributed by atoms with Crippen LogP contribution in [0.15, 0.2) is 12.1 Å². The molecule has 1 saturated carbocycles. The van der Waals surface area contributed by atoms with Crippen molar-refractivity contribution in [3.63, 3.8) is 0 Å². The van der Waals surface area contributed by atoms with Crippen molar-refractivity contribution in [1.29, 1.82) is 0 Å². The summed E-state index contributed by atoms with van der Waals surface area (Å²) in [6.45, 7) is 15.0. The largest absolute Gasteiger partial charge is 0.385 e. The van der Waals surface area contributed by atoms with Crippen LogP contribution >= 0.6 is 0 Å². The number of hydrogen-bond donors (Lipinski definition) is 2. The number of nitrogens with one attached hydrogen (secondary N) is 2. The summed E-state index contributed by atoms with van der Waals surface area (Å²) in [4.78, 5) is 2.47. The predicted molar refractivity (Wildman–Crippen MR) is 130 cm³/mol. The van der Waals surface area contributed by atoms with Gasteiger partial charge in [0.1, 0.15) is 0 Å². The lowest BCUT2D eigenvalue weighted by atomic mass is 9.86. The van der Waals surface area contributed by atoms with Gasteiger partial charge in [0.25, 0.3) is 0 Å². The molecule has 1 aromatic rings. The van der Waals surface area contributed by atoms with Crippen LogP contribution in [0.5, 0.6) is 0 Å². The van der Waals surface area contributed by atoms with Crippen LogP contribution in [-0.4, -0.2) is 51.6 Å². The first-order chi connectivity index (χ1) is 14.5. The molecule has 0 bridgehead atoms. The smallest absolute Gasteiger partial charge is 0.214 e. The molecule has 1 aliphatic heterocycles. The lowest BCUT2D eigenvalue weighted by Gasteiger charge is -2.38. The van der Waals surface area contributed by atoms with Crippen molar-refractivity contribution in [3.8, 4) is 0 Å². The number of sulfonamides is 1. The number of benzene rings is 1. The van der Waals surface area contributed by atoms with Crippen LogP contribution in [0.3, 0.4) is 0 Å². The van der Waals surface area contributed by atoms with Crippen molar-refractivity contribution in [2.75, 3.05) is 29.9 Å². The molecule has 2 aliphatic rings. The quantitative estimate of drug-likeness (QED) is 0.650. The molecule has 3 rings (SSSR count). The fourth-order valence-corrected chi connectivity index (χ4v) is 6.00. The average Bonchev–Trinajstić information content (AvgIpc) is 2.66. The van der Waals surface area contributed by atoms with Gasteiger partial charge >= 0.3 is 0 Å². The van der Waals surface area contributed by atoms with Gasteiger partial charge in [-0.05, 0) is 96.4 Å². The van der Waals surface area contributed by atoms with Crippen LogP contribution in [-0.2, 0) is 14.8 Å². The highest BCUT2D eigenvalue weighted by Gasteiger charge is 2.27. The maximum absolute atomic E-state index is 12.1. The molecule has 1 aliphatic carbocycles. The Morgan fingerprint density at radius 3 is 2.10 bits per heavy atom. The van der Waals surface area contributed by atoms with Gasteiger partial charge in [0.15, 0.2) is 0 Å². The molecular weight excluding hydrogens is 410 g/mol. The number of rotatable bonds is 7. The first-order valence-electron chi connectivity index (χ1n) is 11.8. The van der Waals surface area contributed by atoms with Crippen molar-refractivity contribution >= 4 is 21.4 Å². The van der Waals surface area contributed by atoms with Crippen molar-refractivity contribution in [2.45, 2.75) is 90.7 Å². The van der Waals surface area contributed by atoms with Gasteiger partial charge in [-0.2, -0.15) is 0 Å². The zero-order chi connectivity index (χ0) is 22.8. The first kappa shape index (κ1) is 24.3. The van der Waals surface area contributed by atoms with E-state index in [1.165, 1.54) is 22.5 Å². The maximum atomic E-state index is 12.1. The molecule has 0 amide bonds. The lowest BCUT2D eigenvalue weighted by molar-refractivity contribution is -0.00527. The van der Waals surface area contributed by atoms with Crippen molar-refractivity contribution in [1.82, 2.24) is 4.72 Å². The van der Waals surface area contributed by atoms with Gasteiger partial charge in [0.05, 0.1) is 17.5 Å². The van der Waals surface area contributed by atoms with Crippen LogP contribution in [0.2, 0.25) is 0 Å². The standard InChI is InChI=1S/C24H41N3O3S/c1-16(2)31(28,29)26-22-9-7-21(8-10-22)13-25-23-11-17(3)24(18(4)12-23)27-14-19(5)30-20(6)15-27/h11-12,16,19-22,25-26H,7-10,13-15H2,1-6H3/t19-,20+,21?,22?. The minimum atomic E-state index is -3.18. The molecule has 1 heterocycles. The molecule has 2 N–H and O–H groups in total. The Kier molecular flexibility index (Phi) is 7.92. The molecule has 7 heteroatoms. The second-order valence-corrected chi connectivity index (χ2v) is 12.2. The summed E-state index contributed by atoms with van der Waals surface area (Å²) < 4.78 is 33.0. The van der Waals surface area contributed by atoms with E-state index in [1.54, 1.807) is 13.8 Å². The summed E-state index contributed by atoms with van der Waals surface area (Å²) >= 11 is 0. The number of anilines is 2. The Hall–Kier alpha value is -1.31. The molecule has 6 nitrogen and oxygen atoms in total. The van der Waals surface area contributed by atoms with Gasteiger partial charge in [-0.15, -0.1) is 0 Å². The Bertz CT molecular complexity index is 815. The Morgan fingerprint density at radius 2 is 1.58 bits per heavy atom. The van der Waals surface area contributed by atoms with Crippen LogP contribution in [0.4, 0.5) is 11.4 Å². The number of aryl methyl sites for hydroxylation is 2. The third-order valence-corrected chi connectivity index (χ3v) is 8.52. The number of ether oxygens (including phenoxy) is 1. The van der Waals surface area contributed by atoms with Gasteiger partial charge in [0, 0.05) is 37.1 Å². The van der Waals surface area contributed by atoms with E-state index in [0.717, 1.165) is 45.3 Å². The zero-order valence-electron chi connectivity index (χ0n) is 20.1. The summed E-state index contributed by atoms with van der Waals surface area (Å²) in [7, 11) is -3.18. The van der Waals surface area contributed by atoms with Gasteiger partial charge < -0.3 is 15.0 Å². The molecular formula is C24H41N3O3S. The zero-order valence-corrected chi connectivity index (χ0v) is 20.9. The third kappa shape index (κ3) is 6.36. The molecule has 0 spiro atoms. The van der Waals surface area contributed by atoms with Gasteiger partial charge in [-0.25, -0.2) is 13.1 Å². The van der Waals surface area contributed by atoms with Gasteiger partial charge in [0.2, 0.25) is 10.0 Å². The molecule has 0 radical (unpaired) electrons. The van der Waals surface area contributed by atoms with E-state index in [0.29, 0.717) is 5.92 Å². The Labute approximate surface area is 189 Å². The SMILES string of the molecule is Cc1cc(NCC2CCC(NS(=O)(=O)C(C)C)CC2)cc(C)c1N1C[C@@H](C)O[C@@H](C)C1. The average molecular weight is 452 g/mol. The van der Waals surface area contributed by atoms with Crippen LogP contribution in [0.25, 0.3) is 0 Å². The highest BCUT2D eigenvalue weighted by Crippen LogP contribution is 2.32. The molecule has 1 aromatic carbocycles. The predicted octanol–water partition coefficient (Wildman–Crippen LogP) is 4.22. The monoisotopic (exact) mass is 451 g/mol. The minimum absolute atomic E-state index is 0.0886. The van der Waals surface area contributed by atoms with Crippen molar-refractivity contribution < 1.29 is 13.2 Å². The topological polar surface area (TPSA) is 70.7 Å². The van der Waals surface area contributed by atoms with E-state index in [1.807, 2.05) is 0 Å². The molecule has 2 atom stereocenters. The molecule has 0 aromatic heterocycles. The molecule has 31 heavy (non-hydrogen) atoms. The molecule has 1 saturated heterocycles. The fraction of sp³-hybridized carbons (Fsp3) is 0.750. The molecule has 0 unspecified atom stereocenters. The van der Waals surface area contributed by atoms with Crippen LogP contribution in [0, 0.1) is 19.8 Å². The van der Waals surface area contributed by atoms with Crippen molar-refractivity contribution in [3.05, 3.63) is 23.3 Å². The summed E-state index contributed by atoms with van der Waals surface area (Å²) in [6.07, 6.45) is 4.45.